The molecule has 0 bridgehead atoms. The Hall–Kier alpha value is -2.02. The summed E-state index contributed by atoms with van der Waals surface area (Å²) in [5.74, 6) is -4.62. The molecule has 0 fully saturated rings. The zero-order valence-corrected chi connectivity index (χ0v) is 13.9. The van der Waals surface area contributed by atoms with Gasteiger partial charge in [-0.25, -0.2) is 8.42 Å². The lowest BCUT2D eigenvalue weighted by Crippen LogP contribution is -2.37. The molecule has 1 rings (SSSR count). The molecule has 0 spiro atoms. The summed E-state index contributed by atoms with van der Waals surface area (Å²) in [6.07, 6.45) is -10.9. The lowest BCUT2D eigenvalue weighted by molar-refractivity contribution is -0.173. The monoisotopic (exact) mass is 426 g/mol. The van der Waals surface area contributed by atoms with Gasteiger partial charge in [-0.1, -0.05) is 0 Å². The number of hydrogen-bond donors (Lipinski definition) is 2. The summed E-state index contributed by atoms with van der Waals surface area (Å²) in [6.45, 7) is -0.686. The molecule has 146 valence electrons. The zero-order chi connectivity index (χ0) is 20.3. The van der Waals surface area contributed by atoms with Crippen molar-refractivity contribution < 1.29 is 44.3 Å². The number of benzene rings is 1. The van der Waals surface area contributed by atoms with Crippen LogP contribution in [-0.4, -0.2) is 39.1 Å². The molecule has 6 nitrogen and oxygen atoms in total. The highest BCUT2D eigenvalue weighted by atomic mass is 35.7. The minimum atomic E-state index is -5.21. The molecule has 0 radical (unpaired) electrons. The lowest BCUT2D eigenvalue weighted by Gasteiger charge is -2.13. The SMILES string of the molecule is O=C(NCCc1cc(NC(=O)C(F)(F)F)ccc1S(=O)(=O)Cl)C(F)(F)F. The number of carbonyl (C=O) groups excluding carboxylic acids is 2. The van der Waals surface area contributed by atoms with E-state index in [2.05, 4.69) is 0 Å². The minimum absolute atomic E-state index is 0.303. The number of hydrogen-bond acceptors (Lipinski definition) is 4. The zero-order valence-electron chi connectivity index (χ0n) is 12.3. The first-order chi connectivity index (χ1) is 11.6. The molecular weight excluding hydrogens is 418 g/mol. The molecule has 0 aliphatic carbocycles. The molecule has 0 aliphatic rings. The van der Waals surface area contributed by atoms with Gasteiger partial charge in [-0.15, -0.1) is 0 Å². The van der Waals surface area contributed by atoms with Gasteiger partial charge in [0.1, 0.15) is 0 Å². The Kier molecular flexibility index (Phi) is 6.52. The van der Waals surface area contributed by atoms with Crippen LogP contribution in [0.2, 0.25) is 0 Å². The predicted octanol–water partition coefficient (Wildman–Crippen LogP) is 2.34. The highest BCUT2D eigenvalue weighted by Gasteiger charge is 2.39. The van der Waals surface area contributed by atoms with Crippen LogP contribution in [-0.2, 0) is 25.1 Å². The van der Waals surface area contributed by atoms with Gasteiger partial charge in [-0.2, -0.15) is 26.3 Å². The van der Waals surface area contributed by atoms with Crippen molar-refractivity contribution >= 4 is 37.2 Å². The molecule has 0 heterocycles. The Morgan fingerprint density at radius 2 is 1.54 bits per heavy atom. The maximum atomic E-state index is 12.2. The first kappa shape index (κ1) is 22.0. The number of rotatable bonds is 5. The molecule has 0 saturated heterocycles. The Bertz CT molecular complexity index is 807. The molecule has 0 saturated carbocycles. The molecule has 14 heteroatoms. The van der Waals surface area contributed by atoms with Crippen LogP contribution in [0, 0.1) is 0 Å². The van der Waals surface area contributed by atoms with Gasteiger partial charge in [-0.3, -0.25) is 9.59 Å². The predicted molar refractivity (Wildman–Crippen MR) is 76.9 cm³/mol. The second-order valence-corrected chi connectivity index (χ2v) is 7.25. The van der Waals surface area contributed by atoms with Gasteiger partial charge in [0.25, 0.3) is 9.05 Å². The second-order valence-electron chi connectivity index (χ2n) is 4.72. The third-order valence-electron chi connectivity index (χ3n) is 2.78. The standard InChI is InChI=1S/C12H9ClF6N2O4S/c13-26(24,25)8-2-1-7(21-10(23)12(17,18)19)5-6(8)3-4-20-9(22)11(14,15)16/h1-2,5H,3-4H2,(H,20,22)(H,21,23). The number of carbonyl (C=O) groups is 2. The van der Waals surface area contributed by atoms with Crippen LogP contribution in [0.5, 0.6) is 0 Å². The summed E-state index contributed by atoms with van der Waals surface area (Å²) < 4.78 is 95.8. The molecule has 0 unspecified atom stereocenters. The van der Waals surface area contributed by atoms with Gasteiger partial charge in [0.15, 0.2) is 0 Å². The minimum Gasteiger partial charge on any atom is -0.348 e. The summed E-state index contributed by atoms with van der Waals surface area (Å²) in [6, 6.07) is 2.38. The van der Waals surface area contributed by atoms with Crippen molar-refractivity contribution in [3.8, 4) is 0 Å². The van der Waals surface area contributed by atoms with Gasteiger partial charge < -0.3 is 10.6 Å². The van der Waals surface area contributed by atoms with Gasteiger partial charge in [-0.05, 0) is 30.2 Å². The van der Waals surface area contributed by atoms with Gasteiger partial charge >= 0.3 is 24.2 Å². The third kappa shape index (κ3) is 6.37. The van der Waals surface area contributed by atoms with Crippen LogP contribution in [0.4, 0.5) is 32.0 Å². The molecule has 1 aromatic rings. The molecule has 1 aromatic carbocycles. The van der Waals surface area contributed by atoms with Crippen molar-refractivity contribution in [2.24, 2.45) is 0 Å². The first-order valence-corrected chi connectivity index (χ1v) is 8.74. The van der Waals surface area contributed by atoms with Crippen LogP contribution in [0.25, 0.3) is 0 Å². The summed E-state index contributed by atoms with van der Waals surface area (Å²) in [4.78, 5) is 21.0. The summed E-state index contributed by atoms with van der Waals surface area (Å²) in [5, 5.41) is 2.92. The van der Waals surface area contributed by atoms with Crippen LogP contribution in [0.15, 0.2) is 23.1 Å². The third-order valence-corrected chi connectivity index (χ3v) is 4.20. The fourth-order valence-electron chi connectivity index (χ4n) is 1.70. The summed E-state index contributed by atoms with van der Waals surface area (Å²) >= 11 is 0. The van der Waals surface area contributed by atoms with E-state index in [0.29, 0.717) is 0 Å². The number of halogens is 7. The molecule has 2 amide bonds. The summed E-state index contributed by atoms with van der Waals surface area (Å²) in [5.41, 5.74) is -0.768. The van der Waals surface area contributed by atoms with Crippen molar-refractivity contribution in [2.45, 2.75) is 23.7 Å². The Balaban J connectivity index is 3.04. The van der Waals surface area contributed by atoms with Crippen LogP contribution >= 0.6 is 10.7 Å². The summed E-state index contributed by atoms with van der Waals surface area (Å²) in [7, 11) is 0.762. The number of amides is 2. The van der Waals surface area contributed by atoms with Crippen LogP contribution in [0.1, 0.15) is 5.56 Å². The van der Waals surface area contributed by atoms with E-state index in [9.17, 15) is 44.3 Å². The Morgan fingerprint density at radius 3 is 2.00 bits per heavy atom. The number of anilines is 1. The fourth-order valence-corrected chi connectivity index (χ4v) is 2.86. The van der Waals surface area contributed by atoms with E-state index in [0.717, 1.165) is 18.2 Å². The maximum absolute atomic E-state index is 12.2. The van der Waals surface area contributed by atoms with E-state index in [1.807, 2.05) is 0 Å². The molecule has 0 atom stereocenters. The molecular formula is C12H9ClF6N2O4S. The van der Waals surface area contributed by atoms with Gasteiger partial charge in [0.2, 0.25) is 0 Å². The van der Waals surface area contributed by atoms with E-state index >= 15 is 0 Å². The number of nitrogens with one attached hydrogen (secondary N) is 2. The second kappa shape index (κ2) is 7.70. The highest BCUT2D eigenvalue weighted by molar-refractivity contribution is 8.13. The molecule has 2 N–H and O–H groups in total. The van der Waals surface area contributed by atoms with Gasteiger partial charge in [0, 0.05) is 22.9 Å². The average Bonchev–Trinajstić information content (AvgIpc) is 2.44. The van der Waals surface area contributed by atoms with E-state index in [4.69, 9.17) is 10.7 Å². The normalized spacial score (nSPS) is 12.6. The van der Waals surface area contributed by atoms with E-state index < -0.39 is 56.8 Å². The van der Waals surface area contributed by atoms with Crippen LogP contribution in [0.3, 0.4) is 0 Å². The topological polar surface area (TPSA) is 92.3 Å². The largest absolute Gasteiger partial charge is 0.471 e. The highest BCUT2D eigenvalue weighted by Crippen LogP contribution is 2.25. The van der Waals surface area contributed by atoms with Crippen molar-refractivity contribution in [3.63, 3.8) is 0 Å². The lowest BCUT2D eigenvalue weighted by atomic mass is 10.1. The van der Waals surface area contributed by atoms with Crippen molar-refractivity contribution in [1.29, 1.82) is 0 Å². The molecule has 0 aliphatic heterocycles. The van der Waals surface area contributed by atoms with E-state index in [1.54, 1.807) is 0 Å². The Labute approximate surface area is 146 Å². The van der Waals surface area contributed by atoms with E-state index in [1.165, 1.54) is 10.6 Å². The maximum Gasteiger partial charge on any atom is 0.471 e. The molecule has 0 aromatic heterocycles. The van der Waals surface area contributed by atoms with Crippen molar-refractivity contribution in [1.82, 2.24) is 5.32 Å². The van der Waals surface area contributed by atoms with Crippen molar-refractivity contribution in [2.75, 3.05) is 11.9 Å². The average molecular weight is 427 g/mol. The number of alkyl halides is 6. The quantitative estimate of drug-likeness (QED) is 0.558. The smallest absolute Gasteiger partial charge is 0.348 e. The van der Waals surface area contributed by atoms with Crippen molar-refractivity contribution in [3.05, 3.63) is 23.8 Å². The first-order valence-electron chi connectivity index (χ1n) is 6.43. The van der Waals surface area contributed by atoms with Gasteiger partial charge in [0.05, 0.1) is 4.90 Å². The Morgan fingerprint density at radius 1 is 1.00 bits per heavy atom. The van der Waals surface area contributed by atoms with Crippen LogP contribution < -0.4 is 10.6 Å². The fraction of sp³-hybridized carbons (Fsp3) is 0.333. The van der Waals surface area contributed by atoms with E-state index in [-0.39, 0.29) is 5.56 Å². The molecule has 26 heavy (non-hydrogen) atoms.